The lowest BCUT2D eigenvalue weighted by Crippen LogP contribution is -2.15. The van der Waals surface area contributed by atoms with E-state index in [1.807, 2.05) is 36.6 Å². The second-order valence-electron chi connectivity index (χ2n) is 7.22. The topological polar surface area (TPSA) is 87.0 Å². The van der Waals surface area contributed by atoms with Crippen LogP contribution in [0.3, 0.4) is 0 Å². The minimum absolute atomic E-state index is 0.0893. The van der Waals surface area contributed by atoms with Crippen LogP contribution in [-0.4, -0.2) is 34.8 Å². The quantitative estimate of drug-likeness (QED) is 0.454. The maximum absolute atomic E-state index is 12.7. The Morgan fingerprint density at radius 1 is 1.06 bits per heavy atom. The lowest BCUT2D eigenvalue weighted by molar-refractivity contribution is 0.0471. The number of aromatic nitrogens is 1. The van der Waals surface area contributed by atoms with Gasteiger partial charge >= 0.3 is 5.97 Å². The number of aryl methyl sites for hydroxylation is 1. The van der Waals surface area contributed by atoms with Gasteiger partial charge in [-0.15, -0.1) is 0 Å². The van der Waals surface area contributed by atoms with Gasteiger partial charge in [0, 0.05) is 28.5 Å². The SMILES string of the molecule is Cc1cc(C(=O)COC(=O)c2cc(Cl)ccc2O)c(C)n1Cc1ccc2c(c1)OCO2. The number of halogens is 1. The molecule has 0 unspecified atom stereocenters. The van der Waals surface area contributed by atoms with Gasteiger partial charge in [0.1, 0.15) is 11.3 Å². The summed E-state index contributed by atoms with van der Waals surface area (Å²) in [7, 11) is 0. The van der Waals surface area contributed by atoms with E-state index in [9.17, 15) is 14.7 Å². The van der Waals surface area contributed by atoms with Gasteiger partial charge in [0.15, 0.2) is 18.1 Å². The lowest BCUT2D eigenvalue weighted by atomic mass is 10.1. The van der Waals surface area contributed by atoms with Gasteiger partial charge in [-0.3, -0.25) is 4.79 Å². The summed E-state index contributed by atoms with van der Waals surface area (Å²) in [5, 5.41) is 10.1. The Labute approximate surface area is 183 Å². The number of ketones is 1. The monoisotopic (exact) mass is 441 g/mol. The molecule has 0 saturated heterocycles. The number of benzene rings is 2. The summed E-state index contributed by atoms with van der Waals surface area (Å²) in [5.41, 5.74) is 3.06. The van der Waals surface area contributed by atoms with Crippen molar-refractivity contribution in [3.05, 3.63) is 75.6 Å². The Balaban J connectivity index is 1.47. The Hall–Kier alpha value is -3.45. The molecule has 160 valence electrons. The molecule has 0 bridgehead atoms. The third-order valence-corrected chi connectivity index (χ3v) is 5.40. The van der Waals surface area contributed by atoms with Gasteiger partial charge in [0.2, 0.25) is 12.6 Å². The molecule has 8 heteroatoms. The summed E-state index contributed by atoms with van der Waals surface area (Å²) in [5.74, 6) is 0.00624. The maximum Gasteiger partial charge on any atom is 0.342 e. The number of fused-ring (bicyclic) bond motifs is 1. The number of Topliss-reactive ketones (excluding diaryl/α,β-unsaturated/α-hetero) is 1. The zero-order valence-corrected chi connectivity index (χ0v) is 17.7. The third-order valence-electron chi connectivity index (χ3n) is 5.16. The molecule has 2 aromatic carbocycles. The summed E-state index contributed by atoms with van der Waals surface area (Å²) in [6, 6.07) is 11.5. The molecule has 0 amide bonds. The number of phenols is 1. The summed E-state index contributed by atoms with van der Waals surface area (Å²) in [4.78, 5) is 24.9. The van der Waals surface area contributed by atoms with Gasteiger partial charge in [0.25, 0.3) is 0 Å². The first-order chi connectivity index (χ1) is 14.8. The van der Waals surface area contributed by atoms with Crippen LogP contribution in [0.2, 0.25) is 5.02 Å². The zero-order chi connectivity index (χ0) is 22.1. The molecule has 1 aliphatic rings. The predicted octanol–water partition coefficient (Wildman–Crippen LogP) is 4.28. The molecule has 0 atom stereocenters. The van der Waals surface area contributed by atoms with Gasteiger partial charge in [-0.1, -0.05) is 17.7 Å². The number of hydrogen-bond donors (Lipinski definition) is 1. The first-order valence-corrected chi connectivity index (χ1v) is 9.95. The van der Waals surface area contributed by atoms with Crippen LogP contribution in [0.1, 0.15) is 37.7 Å². The molecule has 2 heterocycles. The van der Waals surface area contributed by atoms with Crippen LogP contribution >= 0.6 is 11.6 Å². The predicted molar refractivity (Wildman–Crippen MR) is 113 cm³/mol. The standard InChI is InChI=1S/C23H20ClNO6/c1-13-7-17(20(27)11-29-23(28)18-9-16(24)4-5-19(18)26)14(2)25(13)10-15-3-6-21-22(8-15)31-12-30-21/h3-9,26H,10-12H2,1-2H3. The molecule has 0 spiro atoms. The number of aromatic hydroxyl groups is 1. The molecular formula is C23H20ClNO6. The fraction of sp³-hybridized carbons (Fsp3) is 0.217. The average Bonchev–Trinajstić information content (AvgIpc) is 3.33. The van der Waals surface area contributed by atoms with Crippen LogP contribution in [-0.2, 0) is 11.3 Å². The van der Waals surface area contributed by atoms with Gasteiger partial charge < -0.3 is 23.9 Å². The average molecular weight is 442 g/mol. The van der Waals surface area contributed by atoms with Gasteiger partial charge in [-0.05, 0) is 55.8 Å². The number of hydrogen-bond acceptors (Lipinski definition) is 6. The molecule has 3 aromatic rings. The van der Waals surface area contributed by atoms with Crippen molar-refractivity contribution in [3.8, 4) is 17.2 Å². The molecule has 4 rings (SSSR count). The highest BCUT2D eigenvalue weighted by atomic mass is 35.5. The number of carbonyl (C=O) groups is 2. The van der Waals surface area contributed by atoms with Crippen LogP contribution in [0, 0.1) is 13.8 Å². The Bertz CT molecular complexity index is 1180. The van der Waals surface area contributed by atoms with E-state index in [0.29, 0.717) is 23.6 Å². The van der Waals surface area contributed by atoms with Gasteiger partial charge in [0.05, 0.1) is 0 Å². The largest absolute Gasteiger partial charge is 0.507 e. The van der Waals surface area contributed by atoms with Crippen molar-refractivity contribution >= 4 is 23.4 Å². The fourth-order valence-electron chi connectivity index (χ4n) is 3.51. The molecule has 0 aliphatic carbocycles. The van der Waals surface area contributed by atoms with Crippen molar-refractivity contribution in [2.45, 2.75) is 20.4 Å². The van der Waals surface area contributed by atoms with Crippen LogP contribution in [0.4, 0.5) is 0 Å². The smallest absolute Gasteiger partial charge is 0.342 e. The van der Waals surface area contributed by atoms with E-state index in [-0.39, 0.29) is 28.9 Å². The van der Waals surface area contributed by atoms with Gasteiger partial charge in [-0.2, -0.15) is 0 Å². The van der Waals surface area contributed by atoms with E-state index < -0.39 is 12.6 Å². The van der Waals surface area contributed by atoms with E-state index in [1.54, 1.807) is 6.07 Å². The summed E-state index contributed by atoms with van der Waals surface area (Å²) < 4.78 is 17.9. The second-order valence-corrected chi connectivity index (χ2v) is 7.66. The number of nitrogens with zero attached hydrogens (tertiary/aromatic N) is 1. The Morgan fingerprint density at radius 3 is 2.65 bits per heavy atom. The van der Waals surface area contributed by atoms with Crippen molar-refractivity contribution in [1.29, 1.82) is 0 Å². The van der Waals surface area contributed by atoms with Gasteiger partial charge in [-0.25, -0.2) is 4.79 Å². The number of ether oxygens (including phenoxy) is 3. The number of carbonyl (C=O) groups excluding carboxylic acids is 2. The minimum Gasteiger partial charge on any atom is -0.507 e. The maximum atomic E-state index is 12.7. The van der Waals surface area contributed by atoms with Crippen molar-refractivity contribution in [3.63, 3.8) is 0 Å². The van der Waals surface area contributed by atoms with Crippen LogP contribution in [0.5, 0.6) is 17.2 Å². The Morgan fingerprint density at radius 2 is 1.84 bits per heavy atom. The minimum atomic E-state index is -0.817. The fourth-order valence-corrected chi connectivity index (χ4v) is 3.68. The molecule has 7 nitrogen and oxygen atoms in total. The highest BCUT2D eigenvalue weighted by Gasteiger charge is 2.20. The van der Waals surface area contributed by atoms with Crippen LogP contribution in [0.15, 0.2) is 42.5 Å². The number of esters is 1. The highest BCUT2D eigenvalue weighted by Crippen LogP contribution is 2.33. The number of rotatable bonds is 6. The van der Waals surface area contributed by atoms with Crippen LogP contribution < -0.4 is 9.47 Å². The van der Waals surface area contributed by atoms with Crippen molar-refractivity contribution < 1.29 is 28.9 Å². The van der Waals surface area contributed by atoms with E-state index >= 15 is 0 Å². The van der Waals surface area contributed by atoms with E-state index in [4.69, 9.17) is 25.8 Å². The zero-order valence-electron chi connectivity index (χ0n) is 17.0. The molecule has 1 N–H and O–H groups in total. The molecule has 31 heavy (non-hydrogen) atoms. The second kappa shape index (κ2) is 8.35. The summed E-state index contributed by atoms with van der Waals surface area (Å²) in [6.07, 6.45) is 0. The normalized spacial score (nSPS) is 12.1. The van der Waals surface area contributed by atoms with Crippen molar-refractivity contribution in [2.24, 2.45) is 0 Å². The first kappa shape index (κ1) is 20.8. The molecule has 0 radical (unpaired) electrons. The van der Waals surface area contributed by atoms with Crippen molar-refractivity contribution in [1.82, 2.24) is 4.57 Å². The lowest BCUT2D eigenvalue weighted by Gasteiger charge is -2.11. The Kier molecular flexibility index (Phi) is 5.61. The summed E-state index contributed by atoms with van der Waals surface area (Å²) in [6.45, 7) is 4.08. The summed E-state index contributed by atoms with van der Waals surface area (Å²) >= 11 is 5.85. The van der Waals surface area contributed by atoms with E-state index in [1.165, 1.54) is 18.2 Å². The molecule has 0 saturated carbocycles. The van der Waals surface area contributed by atoms with E-state index in [0.717, 1.165) is 17.0 Å². The third kappa shape index (κ3) is 4.22. The van der Waals surface area contributed by atoms with E-state index in [2.05, 4.69) is 0 Å². The first-order valence-electron chi connectivity index (χ1n) is 9.57. The van der Waals surface area contributed by atoms with Crippen LogP contribution in [0.25, 0.3) is 0 Å². The molecule has 1 aromatic heterocycles. The highest BCUT2D eigenvalue weighted by molar-refractivity contribution is 6.31. The number of phenolic OH excluding ortho intramolecular Hbond substituents is 1. The molecule has 0 fully saturated rings. The van der Waals surface area contributed by atoms with Crippen molar-refractivity contribution in [2.75, 3.05) is 13.4 Å². The molecule has 1 aliphatic heterocycles. The molecular weight excluding hydrogens is 422 g/mol.